The highest BCUT2D eigenvalue weighted by molar-refractivity contribution is 6.05. The minimum absolute atomic E-state index is 0.276. The van der Waals surface area contributed by atoms with Crippen molar-refractivity contribution >= 4 is 17.6 Å². The van der Waals surface area contributed by atoms with Gasteiger partial charge in [-0.25, -0.2) is 0 Å². The fourth-order valence-electron chi connectivity index (χ4n) is 4.31. The number of rotatable bonds is 6. The Bertz CT molecular complexity index is 976. The molecule has 2 aliphatic rings. The lowest BCUT2D eigenvalue weighted by Crippen LogP contribution is -2.50. The molecule has 6 nitrogen and oxygen atoms in total. The predicted molar refractivity (Wildman–Crippen MR) is 120 cm³/mol. The van der Waals surface area contributed by atoms with Crippen LogP contribution in [0.5, 0.6) is 5.75 Å². The van der Waals surface area contributed by atoms with Gasteiger partial charge in [0.25, 0.3) is 0 Å². The highest BCUT2D eigenvalue weighted by Crippen LogP contribution is 2.40. The Morgan fingerprint density at radius 3 is 2.71 bits per heavy atom. The summed E-state index contributed by atoms with van der Waals surface area (Å²) in [5.41, 5.74) is 3.65. The van der Waals surface area contributed by atoms with Crippen LogP contribution in [-0.4, -0.2) is 53.9 Å². The normalized spacial score (nSPS) is 19.4. The van der Waals surface area contributed by atoms with E-state index in [-0.39, 0.29) is 11.4 Å². The van der Waals surface area contributed by atoms with Crippen LogP contribution in [-0.2, 0) is 16.2 Å². The molecule has 31 heavy (non-hydrogen) atoms. The van der Waals surface area contributed by atoms with E-state index in [2.05, 4.69) is 34.3 Å². The zero-order valence-corrected chi connectivity index (χ0v) is 17.8. The third-order valence-electron chi connectivity index (χ3n) is 5.97. The zero-order chi connectivity index (χ0) is 21.7. The minimum atomic E-state index is -0.495. The van der Waals surface area contributed by atoms with Crippen LogP contribution < -0.4 is 4.74 Å². The van der Waals surface area contributed by atoms with E-state index in [1.807, 2.05) is 24.3 Å². The molecule has 1 N–H and O–H groups in total. The van der Waals surface area contributed by atoms with Gasteiger partial charge < -0.3 is 14.7 Å². The van der Waals surface area contributed by atoms with Gasteiger partial charge >= 0.3 is 0 Å². The van der Waals surface area contributed by atoms with Crippen LogP contribution in [0.15, 0.2) is 59.8 Å². The number of hydrogen-bond donors (Lipinski definition) is 1. The maximum atomic E-state index is 11.4. The Morgan fingerprint density at radius 1 is 1.23 bits per heavy atom. The first-order valence-electron chi connectivity index (χ1n) is 10.6. The molecule has 1 spiro atoms. The average molecular weight is 421 g/mol. The van der Waals surface area contributed by atoms with Crippen LogP contribution in [0.25, 0.3) is 6.08 Å². The summed E-state index contributed by atoms with van der Waals surface area (Å²) in [5, 5.41) is 13.2. The van der Waals surface area contributed by atoms with Crippen LogP contribution in [0.1, 0.15) is 36.0 Å². The number of carbonyl (C=O) groups excluding carboxylic acids is 1. The lowest BCUT2D eigenvalue weighted by molar-refractivity contribution is -0.117. The molecule has 0 aliphatic carbocycles. The molecule has 0 unspecified atom stereocenters. The molecule has 0 radical (unpaired) electrons. The molecular weight excluding hydrogens is 392 g/mol. The summed E-state index contributed by atoms with van der Waals surface area (Å²) in [5.74, 6) is 0.463. The van der Waals surface area contributed by atoms with Gasteiger partial charge in [0.1, 0.15) is 25.1 Å². The molecule has 6 heteroatoms. The Hall–Kier alpha value is -2.96. The molecule has 0 bridgehead atoms. The number of ketones is 1. The average Bonchev–Trinajstić information content (AvgIpc) is 2.80. The lowest BCUT2D eigenvalue weighted by Gasteiger charge is -2.44. The number of aliphatic hydroxyl groups excluding tert-OH is 1. The summed E-state index contributed by atoms with van der Waals surface area (Å²) in [6, 6.07) is 16.3. The number of hydrogen-bond acceptors (Lipinski definition) is 6. The molecule has 0 atom stereocenters. The third-order valence-corrected chi connectivity index (χ3v) is 5.97. The number of ether oxygens (including phenoxy) is 1. The molecule has 2 heterocycles. The van der Waals surface area contributed by atoms with Crippen molar-refractivity contribution in [3.63, 3.8) is 0 Å². The molecule has 0 saturated carbocycles. The van der Waals surface area contributed by atoms with Gasteiger partial charge in [-0.3, -0.25) is 9.69 Å². The third kappa shape index (κ3) is 5.03. The van der Waals surface area contributed by atoms with E-state index in [0.29, 0.717) is 6.42 Å². The van der Waals surface area contributed by atoms with Gasteiger partial charge in [-0.05, 0) is 29.3 Å². The number of fused-ring (bicyclic) bond motifs is 1. The second-order valence-corrected chi connectivity index (χ2v) is 8.16. The predicted octanol–water partition coefficient (Wildman–Crippen LogP) is 3.43. The highest BCUT2D eigenvalue weighted by atomic mass is 16.6. The molecule has 2 aromatic carbocycles. The molecule has 1 fully saturated rings. The second kappa shape index (κ2) is 9.45. The molecule has 4 rings (SSSR count). The minimum Gasteiger partial charge on any atom is -0.486 e. The monoisotopic (exact) mass is 420 g/mol. The van der Waals surface area contributed by atoms with Crippen LogP contribution in [0, 0.1) is 0 Å². The Kier molecular flexibility index (Phi) is 6.49. The van der Waals surface area contributed by atoms with E-state index in [1.165, 1.54) is 11.6 Å². The Balaban J connectivity index is 1.50. The van der Waals surface area contributed by atoms with Crippen molar-refractivity contribution in [3.05, 3.63) is 71.3 Å². The van der Waals surface area contributed by atoms with E-state index >= 15 is 0 Å². The molecule has 0 aromatic heterocycles. The number of benzene rings is 2. The van der Waals surface area contributed by atoms with Gasteiger partial charge in [0.2, 0.25) is 0 Å². The fourth-order valence-corrected chi connectivity index (χ4v) is 4.31. The van der Waals surface area contributed by atoms with Gasteiger partial charge in [-0.15, -0.1) is 0 Å². The second-order valence-electron chi connectivity index (χ2n) is 8.16. The topological polar surface area (TPSA) is 71.4 Å². The van der Waals surface area contributed by atoms with Crippen molar-refractivity contribution in [2.24, 2.45) is 5.16 Å². The number of oxime groups is 1. The smallest absolute Gasteiger partial charge is 0.181 e. The maximum absolute atomic E-state index is 11.4. The van der Waals surface area contributed by atoms with Crippen LogP contribution in [0.3, 0.4) is 0 Å². The Labute approximate surface area is 182 Å². The van der Waals surface area contributed by atoms with Crippen molar-refractivity contribution in [1.29, 1.82) is 0 Å². The highest BCUT2D eigenvalue weighted by Gasteiger charge is 2.42. The quantitative estimate of drug-likeness (QED) is 0.573. The first-order chi connectivity index (χ1) is 15.1. The number of piperidine rings is 1. The fraction of sp³-hybridized carbons (Fsp3) is 0.360. The first kappa shape index (κ1) is 21.3. The van der Waals surface area contributed by atoms with Crippen molar-refractivity contribution in [3.8, 4) is 5.75 Å². The summed E-state index contributed by atoms with van der Waals surface area (Å²) in [4.78, 5) is 19.0. The van der Waals surface area contributed by atoms with Gasteiger partial charge in [-0.1, -0.05) is 47.6 Å². The first-order valence-corrected chi connectivity index (χ1v) is 10.6. The number of nitrogens with zero attached hydrogens (tertiary/aromatic N) is 2. The standard InChI is InChI=1S/C25H28N2O4/c1-30-26-23-16-25(11-13-27(14-12-25)17-20-5-3-2-4-6-20)31-24-10-8-19(15-22(23)24)7-9-21(29)18-28/h2-10,15,28H,11-14,16-18H2,1H3/b9-7+,26-23-. The van der Waals surface area contributed by atoms with E-state index in [0.717, 1.165) is 55.1 Å². The molecule has 0 amide bonds. The van der Waals surface area contributed by atoms with E-state index < -0.39 is 6.61 Å². The summed E-state index contributed by atoms with van der Waals surface area (Å²) in [6.45, 7) is 2.39. The molecule has 1 saturated heterocycles. The van der Waals surface area contributed by atoms with Crippen LogP contribution in [0.4, 0.5) is 0 Å². The van der Waals surface area contributed by atoms with Gasteiger partial charge in [0.05, 0.1) is 5.71 Å². The lowest BCUT2D eigenvalue weighted by atomic mass is 9.81. The van der Waals surface area contributed by atoms with Gasteiger partial charge in [0, 0.05) is 44.5 Å². The summed E-state index contributed by atoms with van der Waals surface area (Å²) < 4.78 is 6.54. The molecule has 2 aliphatic heterocycles. The molecular formula is C25H28N2O4. The zero-order valence-electron chi connectivity index (χ0n) is 17.8. The van der Waals surface area contributed by atoms with E-state index in [1.54, 1.807) is 13.2 Å². The van der Waals surface area contributed by atoms with E-state index in [9.17, 15) is 4.79 Å². The van der Waals surface area contributed by atoms with Crippen molar-refractivity contribution in [2.75, 3.05) is 26.8 Å². The van der Waals surface area contributed by atoms with Crippen molar-refractivity contribution < 1.29 is 19.5 Å². The van der Waals surface area contributed by atoms with Crippen LogP contribution in [0.2, 0.25) is 0 Å². The Morgan fingerprint density at radius 2 is 2.00 bits per heavy atom. The largest absolute Gasteiger partial charge is 0.486 e. The van der Waals surface area contributed by atoms with Gasteiger partial charge in [-0.2, -0.15) is 0 Å². The summed E-state index contributed by atoms with van der Waals surface area (Å²) >= 11 is 0. The van der Waals surface area contributed by atoms with Crippen LogP contribution >= 0.6 is 0 Å². The van der Waals surface area contributed by atoms with Crippen molar-refractivity contribution in [1.82, 2.24) is 4.90 Å². The van der Waals surface area contributed by atoms with Gasteiger partial charge in [0.15, 0.2) is 5.78 Å². The summed E-state index contributed by atoms with van der Waals surface area (Å²) in [7, 11) is 1.56. The maximum Gasteiger partial charge on any atom is 0.181 e. The van der Waals surface area contributed by atoms with E-state index in [4.69, 9.17) is 14.7 Å². The SMILES string of the molecule is CO/N=C1/CC2(CCN(Cc3ccccc3)CC2)Oc2ccc(/C=C/C(=O)CO)cc21. The number of aliphatic hydroxyl groups is 1. The molecule has 2 aromatic rings. The summed E-state index contributed by atoms with van der Waals surface area (Å²) in [6.07, 6.45) is 5.61. The number of carbonyl (C=O) groups is 1. The number of likely N-dealkylation sites (tertiary alicyclic amines) is 1. The van der Waals surface area contributed by atoms with Crippen molar-refractivity contribution in [2.45, 2.75) is 31.4 Å². The molecule has 162 valence electrons.